The van der Waals surface area contributed by atoms with Crippen LogP contribution < -0.4 is 14.9 Å². The maximum absolute atomic E-state index is 12.9. The van der Waals surface area contributed by atoms with Gasteiger partial charge < -0.3 is 23.7 Å². The summed E-state index contributed by atoms with van der Waals surface area (Å²) in [6, 6.07) is 11.4. The van der Waals surface area contributed by atoms with E-state index in [-0.39, 0.29) is 5.43 Å². The van der Waals surface area contributed by atoms with E-state index in [1.165, 1.54) is 0 Å². The first kappa shape index (κ1) is 23.2. The van der Waals surface area contributed by atoms with Gasteiger partial charge in [-0.05, 0) is 47.5 Å². The van der Waals surface area contributed by atoms with E-state index in [1.54, 1.807) is 21.3 Å². The number of aromatic nitrogens is 3. The third-order valence-corrected chi connectivity index (χ3v) is 6.13. The standard InChI is InChI=1S/C26H27N3O6/c1-31-10-11-35-13-12-34-9-8-29-25-21-15-17(33-3)5-7-19(21)23-22(26(23)30)18-6-4-16(32-2)14-20(18)24(25)27-28-29/h4-7,14-15H,8-13H2,1-3H3. The average Bonchev–Trinajstić information content (AvgIpc) is 3.35. The van der Waals surface area contributed by atoms with Crippen molar-refractivity contribution in [3.05, 3.63) is 46.6 Å². The SMILES string of the molecule is COCCOCCOCCn1nnc2c1-c1cc(OC)ccc1-c1c(c1=O)-c1ccc(OC)cc1-2. The zero-order valence-electron chi connectivity index (χ0n) is 20.0. The summed E-state index contributed by atoms with van der Waals surface area (Å²) in [6.07, 6.45) is 0. The van der Waals surface area contributed by atoms with Crippen molar-refractivity contribution in [3.63, 3.8) is 0 Å². The number of hydrogen-bond donors (Lipinski definition) is 0. The summed E-state index contributed by atoms with van der Waals surface area (Å²) in [5, 5.41) is 9.01. The van der Waals surface area contributed by atoms with E-state index in [0.29, 0.717) is 62.3 Å². The molecule has 182 valence electrons. The zero-order chi connectivity index (χ0) is 24.4. The largest absolute Gasteiger partial charge is 0.497 e. The Morgan fingerprint density at radius 2 is 1.34 bits per heavy atom. The fourth-order valence-electron chi connectivity index (χ4n) is 4.35. The Hall–Kier alpha value is -3.53. The van der Waals surface area contributed by atoms with Gasteiger partial charge in [-0.25, -0.2) is 4.68 Å². The fraction of sp³-hybridized carbons (Fsp3) is 0.346. The fourth-order valence-corrected chi connectivity index (χ4v) is 4.35. The zero-order valence-corrected chi connectivity index (χ0v) is 20.0. The number of ether oxygens (including phenoxy) is 5. The average molecular weight is 478 g/mol. The van der Waals surface area contributed by atoms with E-state index in [1.807, 2.05) is 41.1 Å². The number of rotatable bonds is 11. The molecule has 1 aliphatic rings. The summed E-state index contributed by atoms with van der Waals surface area (Å²) in [7, 11) is 4.88. The number of hydrogen-bond acceptors (Lipinski definition) is 8. The highest BCUT2D eigenvalue weighted by atomic mass is 16.5. The summed E-state index contributed by atoms with van der Waals surface area (Å²) in [5.74, 6) is 1.37. The van der Waals surface area contributed by atoms with Crippen LogP contribution in [0.4, 0.5) is 0 Å². The van der Waals surface area contributed by atoms with Crippen molar-refractivity contribution in [1.82, 2.24) is 15.0 Å². The minimum Gasteiger partial charge on any atom is -0.497 e. The van der Waals surface area contributed by atoms with Crippen LogP contribution in [0.15, 0.2) is 41.2 Å². The molecule has 35 heavy (non-hydrogen) atoms. The lowest BCUT2D eigenvalue weighted by Gasteiger charge is -2.16. The number of nitrogens with zero attached hydrogens (tertiary/aromatic N) is 3. The summed E-state index contributed by atoms with van der Waals surface area (Å²) in [5.41, 5.74) is 6.31. The van der Waals surface area contributed by atoms with Gasteiger partial charge >= 0.3 is 0 Å². The summed E-state index contributed by atoms with van der Waals surface area (Å²) >= 11 is 0. The molecule has 0 N–H and O–H groups in total. The first-order chi connectivity index (χ1) is 17.2. The molecule has 0 radical (unpaired) electrons. The Morgan fingerprint density at radius 1 is 0.743 bits per heavy atom. The van der Waals surface area contributed by atoms with Gasteiger partial charge in [0.25, 0.3) is 0 Å². The van der Waals surface area contributed by atoms with E-state index in [4.69, 9.17) is 23.7 Å². The smallest absolute Gasteiger partial charge is 0.195 e. The molecule has 0 saturated heterocycles. The number of benzene rings is 2. The monoisotopic (exact) mass is 477 g/mol. The van der Waals surface area contributed by atoms with Gasteiger partial charge in [-0.15, -0.1) is 5.10 Å². The molecule has 0 bridgehead atoms. The van der Waals surface area contributed by atoms with E-state index < -0.39 is 0 Å². The first-order valence-electron chi connectivity index (χ1n) is 11.4. The van der Waals surface area contributed by atoms with Crippen LogP contribution in [0.5, 0.6) is 11.5 Å². The Morgan fingerprint density at radius 3 is 2.00 bits per heavy atom. The van der Waals surface area contributed by atoms with Crippen LogP contribution in [0.1, 0.15) is 0 Å². The molecule has 0 amide bonds. The molecule has 1 aromatic heterocycles. The molecule has 9 nitrogen and oxygen atoms in total. The van der Waals surface area contributed by atoms with Crippen LogP contribution in [0, 0.1) is 0 Å². The van der Waals surface area contributed by atoms with Gasteiger partial charge in [0.05, 0.1) is 59.5 Å². The van der Waals surface area contributed by atoms with Crippen LogP contribution in [0.3, 0.4) is 0 Å². The van der Waals surface area contributed by atoms with Crippen molar-refractivity contribution in [3.8, 4) is 56.3 Å². The number of fused-ring (bicyclic) bond motifs is 8. The second-order valence-corrected chi connectivity index (χ2v) is 8.13. The topological polar surface area (TPSA) is 93.9 Å². The van der Waals surface area contributed by atoms with Crippen molar-refractivity contribution < 1.29 is 23.7 Å². The predicted molar refractivity (Wildman–Crippen MR) is 131 cm³/mol. The van der Waals surface area contributed by atoms with Gasteiger partial charge in [0, 0.05) is 29.4 Å². The van der Waals surface area contributed by atoms with Crippen LogP contribution >= 0.6 is 0 Å². The van der Waals surface area contributed by atoms with Crippen molar-refractivity contribution >= 4 is 0 Å². The second kappa shape index (κ2) is 9.99. The highest BCUT2D eigenvalue weighted by Gasteiger charge is 2.35. The van der Waals surface area contributed by atoms with Gasteiger partial charge in [0.15, 0.2) is 5.43 Å². The molecule has 4 aromatic rings. The van der Waals surface area contributed by atoms with Crippen molar-refractivity contribution in [2.75, 3.05) is 54.4 Å². The van der Waals surface area contributed by atoms with Crippen molar-refractivity contribution in [1.29, 1.82) is 0 Å². The van der Waals surface area contributed by atoms with Crippen LogP contribution in [0.2, 0.25) is 0 Å². The van der Waals surface area contributed by atoms with Crippen LogP contribution in [-0.2, 0) is 20.8 Å². The first-order valence-corrected chi connectivity index (χ1v) is 11.4. The minimum absolute atomic E-state index is 0.0457. The van der Waals surface area contributed by atoms with E-state index >= 15 is 0 Å². The molecule has 0 saturated carbocycles. The summed E-state index contributed by atoms with van der Waals surface area (Å²) in [4.78, 5) is 12.9. The van der Waals surface area contributed by atoms with E-state index in [9.17, 15) is 4.79 Å². The second-order valence-electron chi connectivity index (χ2n) is 8.13. The molecule has 1 heterocycles. The molecule has 0 aliphatic heterocycles. The van der Waals surface area contributed by atoms with Gasteiger partial charge in [-0.3, -0.25) is 4.79 Å². The highest BCUT2D eigenvalue weighted by molar-refractivity contribution is 6.07. The minimum atomic E-state index is 0.0457. The van der Waals surface area contributed by atoms with Gasteiger partial charge in [0.2, 0.25) is 0 Å². The van der Waals surface area contributed by atoms with E-state index in [0.717, 1.165) is 33.5 Å². The van der Waals surface area contributed by atoms with Crippen molar-refractivity contribution in [2.24, 2.45) is 0 Å². The maximum Gasteiger partial charge on any atom is 0.195 e. The third kappa shape index (κ3) is 4.34. The Labute approximate surface area is 202 Å². The van der Waals surface area contributed by atoms with Gasteiger partial charge in [-0.1, -0.05) is 5.21 Å². The van der Waals surface area contributed by atoms with Gasteiger partial charge in [0.1, 0.15) is 17.2 Å². The molecule has 0 spiro atoms. The van der Waals surface area contributed by atoms with E-state index in [2.05, 4.69) is 10.3 Å². The van der Waals surface area contributed by atoms with Gasteiger partial charge in [-0.2, -0.15) is 0 Å². The quantitative estimate of drug-likeness (QED) is 0.268. The van der Waals surface area contributed by atoms with Crippen LogP contribution in [0.25, 0.3) is 44.8 Å². The lowest BCUT2D eigenvalue weighted by atomic mass is 9.92. The maximum atomic E-state index is 12.9. The lowest BCUT2D eigenvalue weighted by molar-refractivity contribution is 0.0225. The Kier molecular flexibility index (Phi) is 6.63. The molecule has 0 fully saturated rings. The summed E-state index contributed by atoms with van der Waals surface area (Å²) < 4.78 is 29.0. The molecule has 0 unspecified atom stereocenters. The molecule has 5 rings (SSSR count). The van der Waals surface area contributed by atoms with Crippen molar-refractivity contribution in [2.45, 2.75) is 6.54 Å². The lowest BCUT2D eigenvalue weighted by Crippen LogP contribution is -2.13. The van der Waals surface area contributed by atoms with Crippen LogP contribution in [-0.4, -0.2) is 69.4 Å². The summed E-state index contributed by atoms with van der Waals surface area (Å²) in [6.45, 7) is 2.97. The Balaban J connectivity index is 1.51. The number of methoxy groups -OCH3 is 3. The molecule has 1 aliphatic carbocycles. The molecular weight excluding hydrogens is 450 g/mol. The predicted octanol–water partition coefficient (Wildman–Crippen LogP) is 3.19. The molecular formula is C26H27N3O6. The molecule has 0 atom stereocenters. The molecule has 3 aromatic carbocycles. The normalized spacial score (nSPS) is 11.9. The highest BCUT2D eigenvalue weighted by Crippen LogP contribution is 2.49. The Bertz CT molecular complexity index is 1350. The molecule has 9 heteroatoms. The third-order valence-electron chi connectivity index (χ3n) is 6.13.